The summed E-state index contributed by atoms with van der Waals surface area (Å²) in [6.07, 6.45) is 3.78. The van der Waals surface area contributed by atoms with E-state index in [-0.39, 0.29) is 12.5 Å². The predicted octanol–water partition coefficient (Wildman–Crippen LogP) is 2.61. The number of likely N-dealkylation sites (tertiary alicyclic amines) is 2. The molecule has 0 radical (unpaired) electrons. The maximum Gasteiger partial charge on any atom is 0.317 e. The van der Waals surface area contributed by atoms with E-state index in [0.717, 1.165) is 32.2 Å². The number of nitrogens with one attached hydrogen (secondary N) is 1. The third-order valence-corrected chi connectivity index (χ3v) is 4.83. The van der Waals surface area contributed by atoms with Gasteiger partial charge >= 0.3 is 6.03 Å². The maximum atomic E-state index is 13.7. The topological polar surface area (TPSA) is 72.9 Å². The van der Waals surface area contributed by atoms with Gasteiger partial charge in [-0.05, 0) is 38.9 Å². The third-order valence-electron chi connectivity index (χ3n) is 4.83. The Hall–Kier alpha value is -2.22. The molecule has 2 amide bonds. The van der Waals surface area contributed by atoms with Gasteiger partial charge in [0.2, 0.25) is 0 Å². The SMILES string of the molecule is CC(NC(=O)N1CC(N2CCCCC2)C1)c1ccc(F)cc1F.O=CO. The monoisotopic (exact) mass is 369 g/mol. The molecule has 2 fully saturated rings. The molecule has 0 spiro atoms. The first-order chi connectivity index (χ1) is 12.5. The molecule has 2 heterocycles. The number of urea groups is 1. The lowest BCUT2D eigenvalue weighted by Gasteiger charge is -2.46. The van der Waals surface area contributed by atoms with Gasteiger partial charge in [-0.3, -0.25) is 9.69 Å². The number of hydrogen-bond donors (Lipinski definition) is 2. The second-order valence-electron chi connectivity index (χ2n) is 6.60. The zero-order valence-electron chi connectivity index (χ0n) is 14.8. The Morgan fingerprint density at radius 2 is 1.88 bits per heavy atom. The van der Waals surface area contributed by atoms with Gasteiger partial charge in [0.15, 0.2) is 0 Å². The summed E-state index contributed by atoms with van der Waals surface area (Å²) in [7, 11) is 0. The molecule has 3 rings (SSSR count). The number of piperidine rings is 1. The van der Waals surface area contributed by atoms with E-state index in [2.05, 4.69) is 10.2 Å². The van der Waals surface area contributed by atoms with Crippen LogP contribution in [0, 0.1) is 11.6 Å². The van der Waals surface area contributed by atoms with Crippen LogP contribution in [0.2, 0.25) is 0 Å². The normalized spacial score (nSPS) is 19.0. The van der Waals surface area contributed by atoms with Crippen LogP contribution in [0.25, 0.3) is 0 Å². The molecule has 1 aromatic rings. The first kappa shape index (κ1) is 20.1. The first-order valence-electron chi connectivity index (χ1n) is 8.78. The summed E-state index contributed by atoms with van der Waals surface area (Å²) in [4.78, 5) is 24.8. The first-order valence-corrected chi connectivity index (χ1v) is 8.78. The van der Waals surface area contributed by atoms with Crippen molar-refractivity contribution in [3.63, 3.8) is 0 Å². The van der Waals surface area contributed by atoms with Crippen LogP contribution in [-0.4, -0.2) is 59.6 Å². The zero-order valence-corrected chi connectivity index (χ0v) is 14.8. The van der Waals surface area contributed by atoms with E-state index in [1.165, 1.54) is 31.4 Å². The minimum Gasteiger partial charge on any atom is -0.483 e. The molecule has 0 aliphatic carbocycles. The molecular weight excluding hydrogens is 344 g/mol. The molecule has 1 atom stereocenters. The summed E-state index contributed by atoms with van der Waals surface area (Å²) < 4.78 is 26.7. The average molecular weight is 369 g/mol. The van der Waals surface area contributed by atoms with Crippen molar-refractivity contribution in [2.75, 3.05) is 26.2 Å². The summed E-state index contributed by atoms with van der Waals surface area (Å²) in [6.45, 7) is 5.15. The van der Waals surface area contributed by atoms with Crippen LogP contribution >= 0.6 is 0 Å². The molecule has 0 saturated carbocycles. The van der Waals surface area contributed by atoms with Gasteiger partial charge in [0.25, 0.3) is 6.47 Å². The molecule has 0 bridgehead atoms. The minimum absolute atomic E-state index is 0.186. The highest BCUT2D eigenvalue weighted by molar-refractivity contribution is 5.75. The van der Waals surface area contributed by atoms with Crippen molar-refractivity contribution < 1.29 is 23.5 Å². The quantitative estimate of drug-likeness (QED) is 0.804. The Labute approximate surface area is 151 Å². The van der Waals surface area contributed by atoms with Gasteiger partial charge in [0, 0.05) is 30.8 Å². The standard InChI is InChI=1S/C17H23F2N3O.CH2O2/c1-12(15-6-5-13(18)9-16(15)19)20-17(23)22-10-14(11-22)21-7-3-2-4-8-21;2-1-3/h5-6,9,12,14H,2-4,7-8,10-11H2,1H3,(H,20,23);1H,(H,2,3). The van der Waals surface area contributed by atoms with Crippen LogP contribution < -0.4 is 5.32 Å². The van der Waals surface area contributed by atoms with Crippen LogP contribution in [0.15, 0.2) is 18.2 Å². The van der Waals surface area contributed by atoms with E-state index in [4.69, 9.17) is 9.90 Å². The fourth-order valence-electron chi connectivity index (χ4n) is 3.34. The van der Waals surface area contributed by atoms with Crippen molar-refractivity contribution in [2.45, 2.75) is 38.3 Å². The molecule has 2 N–H and O–H groups in total. The smallest absolute Gasteiger partial charge is 0.317 e. The third kappa shape index (κ3) is 5.14. The maximum absolute atomic E-state index is 13.7. The largest absolute Gasteiger partial charge is 0.483 e. The number of nitrogens with zero attached hydrogens (tertiary/aromatic N) is 2. The van der Waals surface area contributed by atoms with Gasteiger partial charge in [-0.25, -0.2) is 13.6 Å². The highest BCUT2D eigenvalue weighted by Gasteiger charge is 2.35. The van der Waals surface area contributed by atoms with Crippen molar-refractivity contribution in [3.05, 3.63) is 35.4 Å². The number of hydrogen-bond acceptors (Lipinski definition) is 3. The molecule has 2 saturated heterocycles. The van der Waals surface area contributed by atoms with Gasteiger partial charge in [-0.2, -0.15) is 0 Å². The van der Waals surface area contributed by atoms with E-state index in [9.17, 15) is 13.6 Å². The average Bonchev–Trinajstić information content (AvgIpc) is 2.55. The van der Waals surface area contributed by atoms with E-state index < -0.39 is 17.7 Å². The van der Waals surface area contributed by atoms with Crippen molar-refractivity contribution in [1.82, 2.24) is 15.1 Å². The Kier molecular flexibility index (Phi) is 7.32. The summed E-state index contributed by atoms with van der Waals surface area (Å²) in [6, 6.07) is 3.21. The van der Waals surface area contributed by atoms with Crippen molar-refractivity contribution in [2.24, 2.45) is 0 Å². The van der Waals surface area contributed by atoms with Gasteiger partial charge < -0.3 is 15.3 Å². The summed E-state index contributed by atoms with van der Waals surface area (Å²) in [5, 5.41) is 9.68. The predicted molar refractivity (Wildman–Crippen MR) is 92.8 cm³/mol. The second kappa shape index (κ2) is 9.47. The van der Waals surface area contributed by atoms with Gasteiger partial charge in [0.1, 0.15) is 11.6 Å². The van der Waals surface area contributed by atoms with Crippen molar-refractivity contribution in [1.29, 1.82) is 0 Å². The zero-order chi connectivity index (χ0) is 19.1. The summed E-state index contributed by atoms with van der Waals surface area (Å²) >= 11 is 0. The molecule has 26 heavy (non-hydrogen) atoms. The number of rotatable bonds is 3. The van der Waals surface area contributed by atoms with Gasteiger partial charge in [0.05, 0.1) is 6.04 Å². The number of carbonyl (C=O) groups excluding carboxylic acids is 1. The number of amides is 2. The number of benzene rings is 1. The molecule has 6 nitrogen and oxygen atoms in total. The van der Waals surface area contributed by atoms with Crippen LogP contribution in [0.4, 0.5) is 13.6 Å². The lowest BCUT2D eigenvalue weighted by Crippen LogP contribution is -2.63. The lowest BCUT2D eigenvalue weighted by atomic mass is 10.0. The summed E-state index contributed by atoms with van der Waals surface area (Å²) in [5.41, 5.74) is 0.299. The second-order valence-corrected chi connectivity index (χ2v) is 6.60. The van der Waals surface area contributed by atoms with Crippen LogP contribution in [0.3, 0.4) is 0 Å². The van der Waals surface area contributed by atoms with Gasteiger partial charge in [-0.1, -0.05) is 12.5 Å². The highest BCUT2D eigenvalue weighted by Crippen LogP contribution is 2.22. The fraction of sp³-hybridized carbons (Fsp3) is 0.556. The molecule has 0 aromatic heterocycles. The lowest BCUT2D eigenvalue weighted by molar-refractivity contribution is -0.122. The number of carboxylic acid groups (broad SMARTS) is 1. The molecule has 8 heteroatoms. The van der Waals surface area contributed by atoms with Gasteiger partial charge in [-0.15, -0.1) is 0 Å². The van der Waals surface area contributed by atoms with E-state index >= 15 is 0 Å². The van der Waals surface area contributed by atoms with Crippen molar-refractivity contribution >= 4 is 12.5 Å². The van der Waals surface area contributed by atoms with Crippen LogP contribution in [-0.2, 0) is 4.79 Å². The van der Waals surface area contributed by atoms with Crippen LogP contribution in [0.1, 0.15) is 37.8 Å². The summed E-state index contributed by atoms with van der Waals surface area (Å²) in [5.74, 6) is -1.25. The Balaban J connectivity index is 0.000000758. The number of carbonyl (C=O) groups is 2. The minimum atomic E-state index is -0.632. The Morgan fingerprint density at radius 1 is 1.27 bits per heavy atom. The Bertz CT molecular complexity index is 618. The molecule has 1 aromatic carbocycles. The highest BCUT2D eigenvalue weighted by atomic mass is 19.1. The molecule has 1 unspecified atom stereocenters. The van der Waals surface area contributed by atoms with E-state index in [0.29, 0.717) is 11.6 Å². The fourth-order valence-corrected chi connectivity index (χ4v) is 3.34. The van der Waals surface area contributed by atoms with E-state index in [1.54, 1.807) is 11.8 Å². The number of halogens is 2. The molecule has 2 aliphatic rings. The van der Waals surface area contributed by atoms with Crippen LogP contribution in [0.5, 0.6) is 0 Å². The molecule has 2 aliphatic heterocycles. The molecule has 144 valence electrons. The van der Waals surface area contributed by atoms with E-state index in [1.807, 2.05) is 0 Å². The van der Waals surface area contributed by atoms with Crippen molar-refractivity contribution in [3.8, 4) is 0 Å². The molecular formula is C18H25F2N3O3. The Morgan fingerprint density at radius 3 is 2.46 bits per heavy atom.